The molecule has 1 aliphatic rings. The molecule has 1 aromatic carbocycles. The van der Waals surface area contributed by atoms with Gasteiger partial charge in [-0.25, -0.2) is 0 Å². The smallest absolute Gasteiger partial charge is 0.149 e. The van der Waals surface area contributed by atoms with Gasteiger partial charge in [0.2, 0.25) is 0 Å². The van der Waals surface area contributed by atoms with E-state index in [1.807, 2.05) is 25.2 Å². The molecule has 0 aliphatic heterocycles. The summed E-state index contributed by atoms with van der Waals surface area (Å²) >= 11 is 5.98. The van der Waals surface area contributed by atoms with Crippen LogP contribution in [0.3, 0.4) is 0 Å². The van der Waals surface area contributed by atoms with Gasteiger partial charge in [0.15, 0.2) is 0 Å². The monoisotopic (exact) mass is 265 g/mol. The van der Waals surface area contributed by atoms with Crippen LogP contribution < -0.4 is 0 Å². The maximum absolute atomic E-state index is 12.0. The number of likely N-dealkylation sites (N-methyl/N-ethyl adjacent to an activating group) is 1. The van der Waals surface area contributed by atoms with Crippen molar-refractivity contribution in [1.82, 2.24) is 4.90 Å². The van der Waals surface area contributed by atoms with Crippen molar-refractivity contribution in [1.29, 1.82) is 0 Å². The molecule has 3 heteroatoms. The SMILES string of the molecule is CN(Cc1cccc(Cl)c1)C1CCCCCC1=O. The minimum Gasteiger partial charge on any atom is -0.298 e. The second-order valence-corrected chi connectivity index (χ2v) is 5.56. The number of benzene rings is 1. The van der Waals surface area contributed by atoms with Crippen LogP contribution >= 0.6 is 11.6 Å². The number of carbonyl (C=O) groups is 1. The fourth-order valence-corrected chi connectivity index (χ4v) is 2.85. The fourth-order valence-electron chi connectivity index (χ4n) is 2.64. The van der Waals surface area contributed by atoms with Gasteiger partial charge in [0.1, 0.15) is 5.78 Å². The van der Waals surface area contributed by atoms with Crippen LogP contribution in [0.1, 0.15) is 37.7 Å². The molecule has 1 unspecified atom stereocenters. The Morgan fingerprint density at radius 1 is 1.33 bits per heavy atom. The number of ketones is 1. The largest absolute Gasteiger partial charge is 0.298 e. The van der Waals surface area contributed by atoms with Gasteiger partial charge < -0.3 is 0 Å². The standard InChI is InChI=1S/C15H20ClNO/c1-17(11-12-6-5-7-13(16)10-12)14-8-3-2-4-9-15(14)18/h5-7,10,14H,2-4,8-9,11H2,1H3. The first-order chi connectivity index (χ1) is 8.66. The molecule has 1 fully saturated rings. The van der Waals surface area contributed by atoms with E-state index in [1.54, 1.807) is 0 Å². The van der Waals surface area contributed by atoms with Crippen molar-refractivity contribution in [3.05, 3.63) is 34.9 Å². The first kappa shape index (κ1) is 13.6. The van der Waals surface area contributed by atoms with Gasteiger partial charge in [-0.1, -0.05) is 36.6 Å². The summed E-state index contributed by atoms with van der Waals surface area (Å²) in [5, 5.41) is 0.757. The number of hydrogen-bond donors (Lipinski definition) is 0. The lowest BCUT2D eigenvalue weighted by atomic mass is 10.1. The molecule has 18 heavy (non-hydrogen) atoms. The van der Waals surface area contributed by atoms with Crippen molar-refractivity contribution in [2.75, 3.05) is 7.05 Å². The molecule has 1 aliphatic carbocycles. The average Bonchev–Trinajstić information content (AvgIpc) is 2.54. The summed E-state index contributed by atoms with van der Waals surface area (Å²) in [7, 11) is 2.04. The minimum atomic E-state index is 0.0893. The second-order valence-electron chi connectivity index (χ2n) is 5.13. The molecule has 2 rings (SSSR count). The number of hydrogen-bond acceptors (Lipinski definition) is 2. The van der Waals surface area contributed by atoms with Crippen LogP contribution in [0.4, 0.5) is 0 Å². The summed E-state index contributed by atoms with van der Waals surface area (Å²) < 4.78 is 0. The molecule has 98 valence electrons. The molecule has 0 N–H and O–H groups in total. The molecule has 1 saturated carbocycles. The van der Waals surface area contributed by atoms with Gasteiger partial charge in [-0.2, -0.15) is 0 Å². The highest BCUT2D eigenvalue weighted by Crippen LogP contribution is 2.20. The van der Waals surface area contributed by atoms with Crippen molar-refractivity contribution < 1.29 is 4.79 Å². The molecular weight excluding hydrogens is 246 g/mol. The molecule has 0 aromatic heterocycles. The minimum absolute atomic E-state index is 0.0893. The topological polar surface area (TPSA) is 20.3 Å². The maximum atomic E-state index is 12.0. The fraction of sp³-hybridized carbons (Fsp3) is 0.533. The van der Waals surface area contributed by atoms with Gasteiger partial charge in [0.05, 0.1) is 6.04 Å². The Hall–Kier alpha value is -0.860. The summed E-state index contributed by atoms with van der Waals surface area (Å²) in [5.41, 5.74) is 1.17. The highest BCUT2D eigenvalue weighted by Gasteiger charge is 2.24. The molecule has 0 spiro atoms. The van der Waals surface area contributed by atoms with Crippen LogP contribution in [0, 0.1) is 0 Å². The van der Waals surface area contributed by atoms with E-state index in [-0.39, 0.29) is 6.04 Å². The van der Waals surface area contributed by atoms with Gasteiger partial charge in [-0.15, -0.1) is 0 Å². The molecule has 0 heterocycles. The molecule has 0 bridgehead atoms. The molecule has 2 nitrogen and oxygen atoms in total. The molecule has 0 saturated heterocycles. The summed E-state index contributed by atoms with van der Waals surface area (Å²) in [6.45, 7) is 0.789. The lowest BCUT2D eigenvalue weighted by Crippen LogP contribution is -2.37. The van der Waals surface area contributed by atoms with E-state index in [1.165, 1.54) is 12.0 Å². The maximum Gasteiger partial charge on any atom is 0.149 e. The zero-order valence-corrected chi connectivity index (χ0v) is 11.6. The number of rotatable bonds is 3. The second kappa shape index (κ2) is 6.35. The zero-order chi connectivity index (χ0) is 13.0. The predicted octanol–water partition coefficient (Wildman–Crippen LogP) is 3.67. The van der Waals surface area contributed by atoms with Gasteiger partial charge in [-0.3, -0.25) is 9.69 Å². The number of nitrogens with zero attached hydrogens (tertiary/aromatic N) is 1. The quantitative estimate of drug-likeness (QED) is 0.777. The number of Topliss-reactive ketones (excluding diaryl/α,β-unsaturated/α-hetero) is 1. The van der Waals surface area contributed by atoms with Crippen LogP contribution in [-0.2, 0) is 11.3 Å². The highest BCUT2D eigenvalue weighted by atomic mass is 35.5. The van der Waals surface area contributed by atoms with E-state index in [2.05, 4.69) is 11.0 Å². The Labute approximate surface area is 114 Å². The molecule has 0 amide bonds. The lowest BCUT2D eigenvalue weighted by molar-refractivity contribution is -0.123. The van der Waals surface area contributed by atoms with Gasteiger partial charge in [-0.05, 0) is 37.6 Å². The first-order valence-corrected chi connectivity index (χ1v) is 7.02. The third-order valence-corrected chi connectivity index (χ3v) is 3.86. The van der Waals surface area contributed by atoms with Crippen molar-refractivity contribution in [3.8, 4) is 0 Å². The van der Waals surface area contributed by atoms with E-state index < -0.39 is 0 Å². The van der Waals surface area contributed by atoms with Crippen molar-refractivity contribution >= 4 is 17.4 Å². The summed E-state index contributed by atoms with van der Waals surface area (Å²) in [6, 6.07) is 7.96. The first-order valence-electron chi connectivity index (χ1n) is 6.64. The summed E-state index contributed by atoms with van der Waals surface area (Å²) in [6.07, 6.45) is 5.14. The van der Waals surface area contributed by atoms with Crippen LogP contribution in [0.2, 0.25) is 5.02 Å². The van der Waals surface area contributed by atoms with Gasteiger partial charge >= 0.3 is 0 Å². The third-order valence-electron chi connectivity index (χ3n) is 3.63. The van der Waals surface area contributed by atoms with Crippen molar-refractivity contribution in [2.45, 2.75) is 44.7 Å². The van der Waals surface area contributed by atoms with Crippen molar-refractivity contribution in [3.63, 3.8) is 0 Å². The Balaban J connectivity index is 2.02. The Morgan fingerprint density at radius 2 is 2.17 bits per heavy atom. The van der Waals surface area contributed by atoms with Gasteiger partial charge in [0.25, 0.3) is 0 Å². The van der Waals surface area contributed by atoms with Gasteiger partial charge in [0, 0.05) is 18.0 Å². The molecule has 1 aromatic rings. The zero-order valence-electron chi connectivity index (χ0n) is 10.9. The number of halogens is 1. The van der Waals surface area contributed by atoms with Crippen LogP contribution in [0.15, 0.2) is 24.3 Å². The number of carbonyl (C=O) groups excluding carboxylic acids is 1. The molecule has 0 radical (unpaired) electrons. The Bertz CT molecular complexity index is 419. The average molecular weight is 266 g/mol. The van der Waals surface area contributed by atoms with Crippen LogP contribution in [0.5, 0.6) is 0 Å². The highest BCUT2D eigenvalue weighted by molar-refractivity contribution is 6.30. The van der Waals surface area contributed by atoms with E-state index >= 15 is 0 Å². The van der Waals surface area contributed by atoms with Crippen molar-refractivity contribution in [2.24, 2.45) is 0 Å². The lowest BCUT2D eigenvalue weighted by Gasteiger charge is -2.25. The molecule has 1 atom stereocenters. The van der Waals surface area contributed by atoms with Crippen LogP contribution in [0.25, 0.3) is 0 Å². The Morgan fingerprint density at radius 3 is 2.94 bits per heavy atom. The van der Waals surface area contributed by atoms with E-state index in [0.717, 1.165) is 37.3 Å². The summed E-state index contributed by atoms with van der Waals surface area (Å²) in [4.78, 5) is 14.2. The van der Waals surface area contributed by atoms with E-state index in [9.17, 15) is 4.79 Å². The Kier molecular flexibility index (Phi) is 4.79. The van der Waals surface area contributed by atoms with E-state index in [4.69, 9.17) is 11.6 Å². The third kappa shape index (κ3) is 3.56. The summed E-state index contributed by atoms with van der Waals surface area (Å²) in [5.74, 6) is 0.400. The molecular formula is C15H20ClNO. The van der Waals surface area contributed by atoms with E-state index in [0.29, 0.717) is 5.78 Å². The van der Waals surface area contributed by atoms with Crippen LogP contribution in [-0.4, -0.2) is 23.8 Å². The predicted molar refractivity (Wildman–Crippen MR) is 74.8 cm³/mol. The normalized spacial score (nSPS) is 21.1.